The van der Waals surface area contributed by atoms with Crippen molar-refractivity contribution in [1.82, 2.24) is 0 Å². The standard InChI is InChI=1S/C10H11BO5/c12-10(13)7-16-9-3-1-8(2-4-9)5-6-11(14)15/h1-6,14-15H,7H2,(H,12,13)/b6-5+. The maximum Gasteiger partial charge on any atom is 0.480 e. The molecule has 0 aromatic heterocycles. The third-order valence-corrected chi connectivity index (χ3v) is 1.70. The van der Waals surface area contributed by atoms with Crippen molar-refractivity contribution in [2.24, 2.45) is 0 Å². The second-order valence-corrected chi connectivity index (χ2v) is 3.02. The Bertz CT molecular complexity index is 371. The van der Waals surface area contributed by atoms with Gasteiger partial charge in [0.15, 0.2) is 6.61 Å². The second kappa shape index (κ2) is 5.94. The van der Waals surface area contributed by atoms with E-state index in [-0.39, 0.29) is 6.61 Å². The first-order valence-corrected chi connectivity index (χ1v) is 4.57. The molecular weight excluding hydrogens is 211 g/mol. The van der Waals surface area contributed by atoms with Gasteiger partial charge in [-0.25, -0.2) is 4.79 Å². The van der Waals surface area contributed by atoms with Crippen LogP contribution < -0.4 is 4.74 Å². The summed E-state index contributed by atoms with van der Waals surface area (Å²) in [5, 5.41) is 25.6. The van der Waals surface area contributed by atoms with E-state index < -0.39 is 13.1 Å². The van der Waals surface area contributed by atoms with Crippen LogP contribution in [0.5, 0.6) is 5.75 Å². The van der Waals surface area contributed by atoms with Crippen LogP contribution in [0.1, 0.15) is 5.56 Å². The highest BCUT2D eigenvalue weighted by atomic mass is 16.5. The molecule has 3 N–H and O–H groups in total. The summed E-state index contributed by atoms with van der Waals surface area (Å²) < 4.78 is 4.93. The maximum absolute atomic E-state index is 10.2. The number of benzene rings is 1. The third kappa shape index (κ3) is 4.63. The Morgan fingerprint density at radius 1 is 1.31 bits per heavy atom. The molecule has 0 unspecified atom stereocenters. The van der Waals surface area contributed by atoms with Crippen molar-refractivity contribution in [3.05, 3.63) is 35.8 Å². The molecule has 1 aromatic carbocycles. The van der Waals surface area contributed by atoms with E-state index in [1.165, 1.54) is 12.1 Å². The quantitative estimate of drug-likeness (QED) is 0.618. The van der Waals surface area contributed by atoms with Crippen molar-refractivity contribution >= 4 is 19.2 Å². The van der Waals surface area contributed by atoms with E-state index in [4.69, 9.17) is 19.9 Å². The summed E-state index contributed by atoms with van der Waals surface area (Å²) in [6, 6.07) is 6.56. The molecule has 6 heteroatoms. The van der Waals surface area contributed by atoms with Gasteiger partial charge in [0.1, 0.15) is 5.75 Å². The van der Waals surface area contributed by atoms with Crippen molar-refractivity contribution in [3.63, 3.8) is 0 Å². The number of carbonyl (C=O) groups is 1. The third-order valence-electron chi connectivity index (χ3n) is 1.70. The highest BCUT2D eigenvalue weighted by Gasteiger charge is 2.00. The Labute approximate surface area is 92.8 Å². The summed E-state index contributed by atoms with van der Waals surface area (Å²) in [7, 11) is -1.48. The molecule has 0 saturated carbocycles. The minimum absolute atomic E-state index is 0.384. The van der Waals surface area contributed by atoms with E-state index in [2.05, 4.69) is 0 Å². The van der Waals surface area contributed by atoms with Gasteiger partial charge in [-0.15, -0.1) is 0 Å². The van der Waals surface area contributed by atoms with Crippen molar-refractivity contribution in [3.8, 4) is 5.75 Å². The Morgan fingerprint density at radius 3 is 2.44 bits per heavy atom. The van der Waals surface area contributed by atoms with Gasteiger partial charge in [-0.3, -0.25) is 0 Å². The largest absolute Gasteiger partial charge is 0.482 e. The molecular formula is C10H11BO5. The first-order valence-electron chi connectivity index (χ1n) is 4.57. The van der Waals surface area contributed by atoms with E-state index >= 15 is 0 Å². The molecule has 0 saturated heterocycles. The first kappa shape index (κ1) is 12.3. The van der Waals surface area contributed by atoms with Gasteiger partial charge in [0.05, 0.1) is 0 Å². The van der Waals surface area contributed by atoms with Crippen molar-refractivity contribution in [2.45, 2.75) is 0 Å². The summed E-state index contributed by atoms with van der Waals surface area (Å²) in [4.78, 5) is 10.2. The summed E-state index contributed by atoms with van der Waals surface area (Å²) in [5.74, 6) is 0.629. The van der Waals surface area contributed by atoms with Gasteiger partial charge in [0.25, 0.3) is 0 Å². The van der Waals surface area contributed by atoms with Crippen LogP contribution in [0, 0.1) is 0 Å². The first-order chi connectivity index (χ1) is 7.58. The Hall–Kier alpha value is -1.79. The maximum atomic E-state index is 10.2. The van der Waals surface area contributed by atoms with Gasteiger partial charge < -0.3 is 19.9 Å². The zero-order valence-electron chi connectivity index (χ0n) is 8.41. The molecule has 16 heavy (non-hydrogen) atoms. The molecule has 0 spiro atoms. The van der Waals surface area contributed by atoms with Crippen LogP contribution in [0.4, 0.5) is 0 Å². The molecule has 0 bridgehead atoms. The number of hydrogen-bond donors (Lipinski definition) is 3. The topological polar surface area (TPSA) is 87.0 Å². The minimum Gasteiger partial charge on any atom is -0.482 e. The lowest BCUT2D eigenvalue weighted by Gasteiger charge is -2.02. The van der Waals surface area contributed by atoms with E-state index in [9.17, 15) is 4.79 Å². The predicted octanol–water partition coefficient (Wildman–Crippen LogP) is 0.175. The zero-order chi connectivity index (χ0) is 12.0. The molecule has 1 rings (SSSR count). The molecule has 0 amide bonds. The molecule has 84 valence electrons. The lowest BCUT2D eigenvalue weighted by molar-refractivity contribution is -0.139. The number of rotatable bonds is 5. The fourth-order valence-corrected chi connectivity index (χ4v) is 1.02. The normalized spacial score (nSPS) is 10.4. The highest BCUT2D eigenvalue weighted by Crippen LogP contribution is 2.13. The van der Waals surface area contributed by atoms with Crippen molar-refractivity contribution in [1.29, 1.82) is 0 Å². The molecule has 0 radical (unpaired) electrons. The number of hydrogen-bond acceptors (Lipinski definition) is 4. The number of carboxylic acids is 1. The van der Waals surface area contributed by atoms with Crippen molar-refractivity contribution < 1.29 is 24.7 Å². The molecule has 0 aliphatic rings. The van der Waals surface area contributed by atoms with Gasteiger partial charge >= 0.3 is 13.1 Å². The number of ether oxygens (including phenoxy) is 1. The monoisotopic (exact) mass is 222 g/mol. The smallest absolute Gasteiger partial charge is 0.480 e. The molecule has 0 fully saturated rings. The Balaban J connectivity index is 2.57. The van der Waals surface area contributed by atoms with Gasteiger partial charge in [-0.05, 0) is 17.7 Å². The van der Waals surface area contributed by atoms with Gasteiger partial charge in [0, 0.05) is 0 Å². The van der Waals surface area contributed by atoms with Gasteiger partial charge in [-0.1, -0.05) is 24.2 Å². The van der Waals surface area contributed by atoms with Crippen LogP contribution in [-0.4, -0.2) is 34.8 Å². The van der Waals surface area contributed by atoms with Gasteiger partial charge in [0.2, 0.25) is 0 Å². The van der Waals surface area contributed by atoms with Gasteiger partial charge in [-0.2, -0.15) is 0 Å². The molecule has 1 aromatic rings. The Morgan fingerprint density at radius 2 is 1.94 bits per heavy atom. The number of aliphatic carboxylic acids is 1. The predicted molar refractivity (Wildman–Crippen MR) is 58.8 cm³/mol. The average Bonchev–Trinajstić information content (AvgIpc) is 2.25. The SMILES string of the molecule is O=C(O)COc1ccc(/C=C/B(O)O)cc1. The Kier molecular flexibility index (Phi) is 4.56. The highest BCUT2D eigenvalue weighted by molar-refractivity contribution is 6.48. The molecule has 0 aliphatic carbocycles. The summed E-state index contributed by atoms with van der Waals surface area (Å²) in [6.07, 6.45) is 1.53. The van der Waals surface area contributed by atoms with E-state index in [1.807, 2.05) is 0 Å². The second-order valence-electron chi connectivity index (χ2n) is 3.02. The van der Waals surface area contributed by atoms with E-state index in [0.29, 0.717) is 5.75 Å². The summed E-state index contributed by atoms with van der Waals surface area (Å²) in [6.45, 7) is -0.384. The van der Waals surface area contributed by atoms with E-state index in [1.54, 1.807) is 24.3 Å². The summed E-state index contributed by atoms with van der Waals surface area (Å²) >= 11 is 0. The van der Waals surface area contributed by atoms with Crippen LogP contribution in [0.2, 0.25) is 0 Å². The molecule has 0 aliphatic heterocycles. The molecule has 5 nitrogen and oxygen atoms in total. The lowest BCUT2D eigenvalue weighted by Crippen LogP contribution is -2.09. The van der Waals surface area contributed by atoms with Crippen LogP contribution in [0.15, 0.2) is 30.2 Å². The summed E-state index contributed by atoms with van der Waals surface area (Å²) in [5.41, 5.74) is 0.760. The fraction of sp³-hybridized carbons (Fsp3) is 0.100. The van der Waals surface area contributed by atoms with Crippen molar-refractivity contribution in [2.75, 3.05) is 6.61 Å². The average molecular weight is 222 g/mol. The number of carboxylic acid groups (broad SMARTS) is 1. The zero-order valence-corrected chi connectivity index (χ0v) is 8.41. The molecule has 0 heterocycles. The van der Waals surface area contributed by atoms with Crippen LogP contribution in [0.25, 0.3) is 6.08 Å². The van der Waals surface area contributed by atoms with E-state index in [0.717, 1.165) is 5.56 Å². The molecule has 0 atom stereocenters. The van der Waals surface area contributed by atoms with Crippen LogP contribution in [-0.2, 0) is 4.79 Å². The van der Waals surface area contributed by atoms with Crippen LogP contribution >= 0.6 is 0 Å². The van der Waals surface area contributed by atoms with Crippen LogP contribution in [0.3, 0.4) is 0 Å². The minimum atomic E-state index is -1.48. The fourth-order valence-electron chi connectivity index (χ4n) is 1.02. The lowest BCUT2D eigenvalue weighted by atomic mass is 9.91.